The maximum absolute atomic E-state index is 12.9. The Hall–Kier alpha value is -3.49. The summed E-state index contributed by atoms with van der Waals surface area (Å²) in [5.74, 6) is -0.0915. The summed E-state index contributed by atoms with van der Waals surface area (Å²) >= 11 is 2.70. The number of carbonyl (C=O) groups excluding carboxylic acids is 1. The lowest BCUT2D eigenvalue weighted by molar-refractivity contribution is -0.142. The molecular formula is C25H23F3N6O3S2. The van der Waals surface area contributed by atoms with Crippen LogP contribution in [-0.2, 0) is 22.4 Å². The van der Waals surface area contributed by atoms with E-state index in [1.54, 1.807) is 9.47 Å². The van der Waals surface area contributed by atoms with Gasteiger partial charge in [0.05, 0.1) is 26.6 Å². The Labute approximate surface area is 228 Å². The number of thiazole rings is 2. The van der Waals surface area contributed by atoms with Crippen molar-refractivity contribution in [3.63, 3.8) is 0 Å². The molecule has 39 heavy (non-hydrogen) atoms. The summed E-state index contributed by atoms with van der Waals surface area (Å²) in [4.78, 5) is 37.4. The second kappa shape index (κ2) is 9.92. The number of hydrogen-bond donors (Lipinski definition) is 1. The summed E-state index contributed by atoms with van der Waals surface area (Å²) in [6.07, 6.45) is -1.90. The number of halogens is 3. The number of hydroxylamine groups is 1. The van der Waals surface area contributed by atoms with Crippen LogP contribution in [0.2, 0.25) is 0 Å². The highest BCUT2D eigenvalue weighted by atomic mass is 32.1. The van der Waals surface area contributed by atoms with Crippen molar-refractivity contribution in [1.82, 2.24) is 29.7 Å². The number of likely N-dealkylation sites (tertiary alicyclic amines) is 1. The largest absolute Gasteiger partial charge is 0.435 e. The number of hydrogen-bond acceptors (Lipinski definition) is 8. The Balaban J connectivity index is 1.09. The Morgan fingerprint density at radius 3 is 2.74 bits per heavy atom. The highest BCUT2D eigenvalue weighted by Crippen LogP contribution is 2.34. The molecule has 14 heteroatoms. The molecule has 2 aliphatic heterocycles. The van der Waals surface area contributed by atoms with Gasteiger partial charge in [-0.2, -0.15) is 18.3 Å². The van der Waals surface area contributed by atoms with E-state index in [1.165, 1.54) is 29.6 Å². The van der Waals surface area contributed by atoms with Crippen LogP contribution in [0, 0.1) is 6.92 Å². The third-order valence-electron chi connectivity index (χ3n) is 6.92. The van der Waals surface area contributed by atoms with Crippen LogP contribution in [0.4, 0.5) is 13.2 Å². The van der Waals surface area contributed by atoms with E-state index < -0.39 is 18.1 Å². The molecule has 1 amide bonds. The Bertz CT molecular complexity index is 1630. The SMILES string of the molecule is Cc1cc(C(F)(F)F)nn1CC(=O)N1CCC(c2nc(C3=C[C@H](n4c(=O)sc5ccccc54)ON3)cs2)CC1. The first-order valence-corrected chi connectivity index (χ1v) is 14.0. The zero-order chi connectivity index (χ0) is 27.3. The Kier molecular flexibility index (Phi) is 6.55. The number of aryl methyl sites for hydroxylation is 1. The lowest BCUT2D eigenvalue weighted by Gasteiger charge is -2.31. The van der Waals surface area contributed by atoms with Crippen molar-refractivity contribution in [3.8, 4) is 0 Å². The third kappa shape index (κ3) is 4.99. The maximum Gasteiger partial charge on any atom is 0.435 e. The van der Waals surface area contributed by atoms with Crippen molar-refractivity contribution in [3.05, 3.63) is 73.5 Å². The fraction of sp³-hybridized carbons (Fsp3) is 0.360. The predicted octanol–water partition coefficient (Wildman–Crippen LogP) is 4.52. The summed E-state index contributed by atoms with van der Waals surface area (Å²) in [6, 6.07) is 8.51. The first kappa shape index (κ1) is 25.8. The van der Waals surface area contributed by atoms with Crippen LogP contribution in [0.25, 0.3) is 15.9 Å². The van der Waals surface area contributed by atoms with Crippen LogP contribution in [-0.4, -0.2) is 43.2 Å². The fourth-order valence-corrected chi connectivity index (χ4v) is 6.73. The molecule has 1 aromatic carbocycles. The van der Waals surface area contributed by atoms with Gasteiger partial charge in [-0.25, -0.2) is 9.82 Å². The Morgan fingerprint density at radius 1 is 1.23 bits per heavy atom. The number of para-hydroxylation sites is 1. The van der Waals surface area contributed by atoms with Crippen molar-refractivity contribution in [2.24, 2.45) is 0 Å². The lowest BCUT2D eigenvalue weighted by atomic mass is 9.97. The van der Waals surface area contributed by atoms with E-state index in [1.807, 2.05) is 35.7 Å². The molecule has 0 unspecified atom stereocenters. The molecule has 0 spiro atoms. The van der Waals surface area contributed by atoms with Gasteiger partial charge >= 0.3 is 11.0 Å². The van der Waals surface area contributed by atoms with E-state index in [0.717, 1.165) is 31.7 Å². The first-order chi connectivity index (χ1) is 18.7. The van der Waals surface area contributed by atoms with Crippen LogP contribution >= 0.6 is 22.7 Å². The molecule has 1 N–H and O–H groups in total. The molecule has 1 atom stereocenters. The van der Waals surface area contributed by atoms with Gasteiger partial charge in [0.2, 0.25) is 5.91 Å². The lowest BCUT2D eigenvalue weighted by Crippen LogP contribution is -2.40. The summed E-state index contributed by atoms with van der Waals surface area (Å²) in [5, 5.41) is 6.44. The molecule has 5 heterocycles. The topological polar surface area (TPSA) is 94.3 Å². The zero-order valence-electron chi connectivity index (χ0n) is 20.6. The number of aromatic nitrogens is 4. The van der Waals surface area contributed by atoms with Crippen molar-refractivity contribution in [2.45, 2.75) is 44.6 Å². The van der Waals surface area contributed by atoms with Crippen molar-refractivity contribution < 1.29 is 22.8 Å². The van der Waals surface area contributed by atoms with E-state index in [-0.39, 0.29) is 23.2 Å². The molecule has 1 saturated heterocycles. The Morgan fingerprint density at radius 2 is 2.00 bits per heavy atom. The molecule has 0 saturated carbocycles. The molecule has 1 fully saturated rings. The standard InChI is InChI=1S/C25H23F3N6O3S2/c1-14-10-20(25(26,27)28)30-33(14)12-21(35)32-8-6-15(7-9-32)23-29-17(13-38-23)16-11-22(37-31-16)34-18-4-2-3-5-19(18)39-24(34)36/h2-5,10-11,13,15,22,31H,6-9,12H2,1H3/t22-/m1/s1. The number of fused-ring (bicyclic) bond motifs is 1. The summed E-state index contributed by atoms with van der Waals surface area (Å²) in [7, 11) is 0. The number of amides is 1. The summed E-state index contributed by atoms with van der Waals surface area (Å²) in [6.45, 7) is 2.26. The quantitative estimate of drug-likeness (QED) is 0.376. The smallest absolute Gasteiger partial charge is 0.341 e. The van der Waals surface area contributed by atoms with E-state index in [0.29, 0.717) is 37.3 Å². The molecule has 9 nitrogen and oxygen atoms in total. The molecule has 204 valence electrons. The zero-order valence-corrected chi connectivity index (χ0v) is 22.3. The van der Waals surface area contributed by atoms with Crippen LogP contribution in [0.5, 0.6) is 0 Å². The minimum Gasteiger partial charge on any atom is -0.341 e. The minimum atomic E-state index is -4.54. The van der Waals surface area contributed by atoms with Gasteiger partial charge in [-0.3, -0.25) is 24.3 Å². The van der Waals surface area contributed by atoms with Crippen molar-refractivity contribution in [1.29, 1.82) is 0 Å². The normalized spacial score (nSPS) is 18.5. The van der Waals surface area contributed by atoms with Gasteiger partial charge in [-0.05, 0) is 44.0 Å². The van der Waals surface area contributed by atoms with Crippen molar-refractivity contribution in [2.75, 3.05) is 13.1 Å². The van der Waals surface area contributed by atoms with Gasteiger partial charge in [-0.1, -0.05) is 23.5 Å². The van der Waals surface area contributed by atoms with E-state index in [9.17, 15) is 22.8 Å². The molecule has 0 radical (unpaired) electrons. The second-order valence-corrected chi connectivity index (χ2v) is 11.3. The highest BCUT2D eigenvalue weighted by Gasteiger charge is 2.35. The maximum atomic E-state index is 12.9. The molecule has 2 aliphatic rings. The van der Waals surface area contributed by atoms with Crippen LogP contribution in [0.15, 0.2) is 46.6 Å². The van der Waals surface area contributed by atoms with Crippen LogP contribution < -0.4 is 10.4 Å². The number of carbonyl (C=O) groups is 1. The molecule has 0 bridgehead atoms. The number of piperidine rings is 1. The van der Waals surface area contributed by atoms with E-state index in [2.05, 4.69) is 10.6 Å². The molecule has 6 rings (SSSR count). The van der Waals surface area contributed by atoms with Crippen LogP contribution in [0.1, 0.15) is 47.1 Å². The fourth-order valence-electron chi connectivity index (χ4n) is 4.84. The number of alkyl halides is 3. The van der Waals surface area contributed by atoms with Crippen molar-refractivity contribution >= 4 is 44.5 Å². The van der Waals surface area contributed by atoms with Gasteiger partial charge in [0.1, 0.15) is 6.54 Å². The molecular weight excluding hydrogens is 553 g/mol. The summed E-state index contributed by atoms with van der Waals surface area (Å²) in [5.41, 5.74) is 4.41. The number of benzene rings is 1. The highest BCUT2D eigenvalue weighted by molar-refractivity contribution is 7.16. The first-order valence-electron chi connectivity index (χ1n) is 12.3. The average molecular weight is 577 g/mol. The molecule has 4 aromatic rings. The van der Waals surface area contributed by atoms with E-state index in [4.69, 9.17) is 9.82 Å². The van der Waals surface area contributed by atoms with Gasteiger partial charge < -0.3 is 4.90 Å². The molecule has 3 aromatic heterocycles. The molecule has 0 aliphatic carbocycles. The van der Waals surface area contributed by atoms with Gasteiger partial charge in [0.25, 0.3) is 0 Å². The van der Waals surface area contributed by atoms with Gasteiger partial charge in [0.15, 0.2) is 11.9 Å². The minimum absolute atomic E-state index is 0.107. The number of nitrogens with one attached hydrogen (secondary N) is 1. The van der Waals surface area contributed by atoms with Gasteiger partial charge in [0, 0.05) is 30.1 Å². The van der Waals surface area contributed by atoms with Crippen LogP contribution in [0.3, 0.4) is 0 Å². The average Bonchev–Trinajstić information content (AvgIpc) is 3.69. The van der Waals surface area contributed by atoms with E-state index >= 15 is 0 Å². The number of nitrogens with zero attached hydrogens (tertiary/aromatic N) is 5. The monoisotopic (exact) mass is 576 g/mol. The third-order valence-corrected chi connectivity index (χ3v) is 8.87. The predicted molar refractivity (Wildman–Crippen MR) is 140 cm³/mol. The summed E-state index contributed by atoms with van der Waals surface area (Å²) < 4.78 is 42.4. The second-order valence-electron chi connectivity index (χ2n) is 9.45. The number of rotatable bonds is 5. The van der Waals surface area contributed by atoms with Gasteiger partial charge in [-0.15, -0.1) is 11.3 Å².